The molecule has 0 aliphatic carbocycles. The second-order valence-corrected chi connectivity index (χ2v) is 10.4. The summed E-state index contributed by atoms with van der Waals surface area (Å²) < 4.78 is 30.9. The van der Waals surface area contributed by atoms with Crippen LogP contribution in [0.4, 0.5) is 10.1 Å². The molecule has 33 heavy (non-hydrogen) atoms. The summed E-state index contributed by atoms with van der Waals surface area (Å²) in [5, 5.41) is 3.86. The first-order valence-corrected chi connectivity index (χ1v) is 13.0. The van der Waals surface area contributed by atoms with Crippen molar-refractivity contribution in [3.05, 3.63) is 47.9 Å². The second-order valence-electron chi connectivity index (χ2n) is 8.15. The lowest BCUT2D eigenvalue weighted by Gasteiger charge is -2.36. The Hall–Kier alpha value is -1.98. The summed E-state index contributed by atoms with van der Waals surface area (Å²) in [7, 11) is 1.60. The average molecular weight is 583 g/mol. The molecule has 0 saturated carbocycles. The molecule has 6 nitrogen and oxygen atoms in total. The number of likely N-dealkylation sites (tertiary alicyclic amines) is 1. The lowest BCUT2D eigenvalue weighted by molar-refractivity contribution is -0.114. The number of methoxy groups -OCH3 is 1. The molecule has 2 atom stereocenters. The van der Waals surface area contributed by atoms with E-state index in [2.05, 4.69) is 37.2 Å². The fraction of sp³-hybridized carbons (Fsp3) is 0.417. The molecule has 1 aliphatic rings. The molecule has 3 aromatic rings. The summed E-state index contributed by atoms with van der Waals surface area (Å²) >= 11 is 3.91. The maximum absolute atomic E-state index is 13.5. The topological polar surface area (TPSA) is 63.7 Å². The van der Waals surface area contributed by atoms with Gasteiger partial charge in [-0.1, -0.05) is 22.6 Å². The lowest BCUT2D eigenvalue weighted by Crippen LogP contribution is -2.39. The Labute approximate surface area is 210 Å². The van der Waals surface area contributed by atoms with Gasteiger partial charge in [-0.2, -0.15) is 4.37 Å². The number of nitrogens with one attached hydrogen (secondary N) is 1. The minimum atomic E-state index is -0.207. The van der Waals surface area contributed by atoms with Gasteiger partial charge >= 0.3 is 0 Å². The molecule has 4 rings (SSSR count). The van der Waals surface area contributed by atoms with Crippen LogP contribution >= 0.6 is 34.1 Å². The highest BCUT2D eigenvalue weighted by Crippen LogP contribution is 2.38. The highest BCUT2D eigenvalue weighted by molar-refractivity contribution is 14.1. The molecule has 9 heteroatoms. The van der Waals surface area contributed by atoms with Gasteiger partial charge < -0.3 is 14.8 Å². The van der Waals surface area contributed by atoms with Gasteiger partial charge in [0, 0.05) is 36.5 Å². The molecule has 176 valence electrons. The van der Waals surface area contributed by atoms with Gasteiger partial charge in [0.1, 0.15) is 5.82 Å². The summed E-state index contributed by atoms with van der Waals surface area (Å²) in [6, 6.07) is 10.3. The Bertz CT molecular complexity index is 1130. The zero-order chi connectivity index (χ0) is 23.4. The van der Waals surface area contributed by atoms with Gasteiger partial charge in [0.05, 0.1) is 28.2 Å². The van der Waals surface area contributed by atoms with Crippen molar-refractivity contribution in [3.8, 4) is 11.5 Å². The predicted molar refractivity (Wildman–Crippen MR) is 138 cm³/mol. The normalized spacial score (nSPS) is 18.9. The van der Waals surface area contributed by atoms with Crippen molar-refractivity contribution in [1.29, 1.82) is 0 Å². The van der Waals surface area contributed by atoms with Gasteiger partial charge in [-0.15, -0.1) is 0 Å². The quantitative estimate of drug-likeness (QED) is 0.157. The first-order chi connectivity index (χ1) is 15.9. The molecule has 1 aromatic heterocycles. The number of ether oxygens (including phenoxy) is 2. The third kappa shape index (κ3) is 5.93. The molecule has 0 bridgehead atoms. The van der Waals surface area contributed by atoms with Crippen molar-refractivity contribution in [2.75, 3.05) is 32.1 Å². The molecule has 0 spiro atoms. The fourth-order valence-electron chi connectivity index (χ4n) is 4.21. The number of halogens is 2. The molecule has 0 radical (unpaired) electrons. The van der Waals surface area contributed by atoms with Crippen LogP contribution < -0.4 is 14.8 Å². The van der Waals surface area contributed by atoms with E-state index >= 15 is 0 Å². The number of benzene rings is 2. The van der Waals surface area contributed by atoms with E-state index in [1.165, 1.54) is 24.5 Å². The molecule has 1 saturated heterocycles. The van der Waals surface area contributed by atoms with Crippen LogP contribution in [0.5, 0.6) is 11.5 Å². The number of hydrogen-bond donors (Lipinski definition) is 1. The average Bonchev–Trinajstić information content (AvgIpc) is 3.20. The van der Waals surface area contributed by atoms with E-state index in [-0.39, 0.29) is 11.7 Å². The maximum Gasteiger partial charge on any atom is 0.221 e. The molecule has 2 aromatic carbocycles. The third-order valence-electron chi connectivity index (χ3n) is 5.82. The van der Waals surface area contributed by atoms with Crippen molar-refractivity contribution in [1.82, 2.24) is 9.27 Å². The third-order valence-corrected chi connectivity index (χ3v) is 7.94. The molecule has 2 heterocycles. The number of rotatable bonds is 8. The van der Waals surface area contributed by atoms with Crippen LogP contribution in [0.15, 0.2) is 36.4 Å². The zero-order valence-electron chi connectivity index (χ0n) is 18.6. The van der Waals surface area contributed by atoms with Crippen LogP contribution in [0.25, 0.3) is 10.1 Å². The molecule has 1 amide bonds. The SMILES string of the molecule is COc1ccc(NC(C)=O)cc1OCCCN1CCC(c2nsc3cc(F)ccc23)CC1I. The minimum absolute atomic E-state index is 0.125. The Morgan fingerprint density at radius 1 is 1.30 bits per heavy atom. The maximum atomic E-state index is 13.5. The zero-order valence-corrected chi connectivity index (χ0v) is 21.6. The fourth-order valence-corrected chi connectivity index (χ4v) is 6.26. The van der Waals surface area contributed by atoms with Gasteiger partial charge in [0.2, 0.25) is 5.91 Å². The van der Waals surface area contributed by atoms with Gasteiger partial charge in [0.25, 0.3) is 0 Å². The van der Waals surface area contributed by atoms with E-state index in [4.69, 9.17) is 9.47 Å². The van der Waals surface area contributed by atoms with E-state index in [1.54, 1.807) is 31.4 Å². The highest BCUT2D eigenvalue weighted by atomic mass is 127. The van der Waals surface area contributed by atoms with Crippen LogP contribution in [0.3, 0.4) is 0 Å². The predicted octanol–water partition coefficient (Wildman–Crippen LogP) is 5.81. The number of piperidine rings is 1. The first kappa shape index (κ1) is 24.2. The van der Waals surface area contributed by atoms with Crippen LogP contribution in [-0.4, -0.2) is 46.0 Å². The van der Waals surface area contributed by atoms with Crippen LogP contribution in [0, 0.1) is 5.82 Å². The van der Waals surface area contributed by atoms with E-state index in [0.29, 0.717) is 33.8 Å². The van der Waals surface area contributed by atoms with E-state index < -0.39 is 0 Å². The number of fused-ring (bicyclic) bond motifs is 1. The molecule has 1 N–H and O–H groups in total. The lowest BCUT2D eigenvalue weighted by atomic mass is 9.91. The van der Waals surface area contributed by atoms with Gasteiger partial charge in [0.15, 0.2) is 11.5 Å². The van der Waals surface area contributed by atoms with Crippen LogP contribution in [0.1, 0.15) is 37.8 Å². The van der Waals surface area contributed by atoms with Crippen LogP contribution in [-0.2, 0) is 4.79 Å². The number of carbonyl (C=O) groups is 1. The monoisotopic (exact) mass is 583 g/mol. The van der Waals surface area contributed by atoms with Crippen molar-refractivity contribution >= 4 is 55.8 Å². The number of carbonyl (C=O) groups excluding carboxylic acids is 1. The molecule has 1 fully saturated rings. The van der Waals surface area contributed by atoms with Crippen molar-refractivity contribution in [3.63, 3.8) is 0 Å². The smallest absolute Gasteiger partial charge is 0.221 e. The van der Waals surface area contributed by atoms with Gasteiger partial charge in [-0.05, 0) is 67.7 Å². The van der Waals surface area contributed by atoms with E-state index in [9.17, 15) is 9.18 Å². The van der Waals surface area contributed by atoms with Crippen molar-refractivity contribution in [2.45, 2.75) is 36.2 Å². The molecular weight excluding hydrogens is 556 g/mol. The Kier molecular flexibility index (Phi) is 8.02. The summed E-state index contributed by atoms with van der Waals surface area (Å²) in [6.45, 7) is 3.98. The Morgan fingerprint density at radius 2 is 2.15 bits per heavy atom. The second kappa shape index (κ2) is 11.0. The van der Waals surface area contributed by atoms with Crippen molar-refractivity contribution in [2.24, 2.45) is 0 Å². The van der Waals surface area contributed by atoms with E-state index in [1.807, 2.05) is 6.07 Å². The molecular formula is C24H27FIN3O3S. The number of amides is 1. The van der Waals surface area contributed by atoms with Crippen LogP contribution in [0.2, 0.25) is 0 Å². The minimum Gasteiger partial charge on any atom is -0.493 e. The Balaban J connectivity index is 1.29. The number of hydrogen-bond acceptors (Lipinski definition) is 6. The summed E-state index contributed by atoms with van der Waals surface area (Å²) in [6.07, 6.45) is 2.96. The molecule has 1 aliphatic heterocycles. The standard InChI is InChI=1S/C24H27FIN3O3S/c1-15(30)27-18-5-7-20(31-2)21(14-18)32-11-3-9-29-10-8-16(12-23(29)26)24-19-6-4-17(25)13-22(19)33-28-24/h4-7,13-14,16,23H,3,8-12H2,1-2H3,(H,27,30). The first-order valence-electron chi connectivity index (χ1n) is 11.0. The number of aromatic nitrogens is 1. The Morgan fingerprint density at radius 3 is 2.91 bits per heavy atom. The summed E-state index contributed by atoms with van der Waals surface area (Å²) in [4.78, 5) is 13.8. The largest absolute Gasteiger partial charge is 0.493 e. The van der Waals surface area contributed by atoms with Crippen molar-refractivity contribution < 1.29 is 18.7 Å². The number of alkyl halides is 1. The summed E-state index contributed by atoms with van der Waals surface area (Å²) in [5.74, 6) is 1.34. The van der Waals surface area contributed by atoms with E-state index in [0.717, 1.165) is 48.1 Å². The van der Waals surface area contributed by atoms with Gasteiger partial charge in [-0.25, -0.2) is 4.39 Å². The molecule has 2 unspecified atom stereocenters. The highest BCUT2D eigenvalue weighted by Gasteiger charge is 2.29. The summed E-state index contributed by atoms with van der Waals surface area (Å²) in [5.41, 5.74) is 1.80. The number of nitrogens with zero attached hydrogens (tertiary/aromatic N) is 2. The number of anilines is 1. The van der Waals surface area contributed by atoms with Gasteiger partial charge in [-0.3, -0.25) is 9.69 Å².